The topological polar surface area (TPSA) is 108 Å². The summed E-state index contributed by atoms with van der Waals surface area (Å²) >= 11 is 1.38. The molecule has 7 nitrogen and oxygen atoms in total. The van der Waals surface area contributed by atoms with E-state index in [1.165, 1.54) is 17.5 Å². The van der Waals surface area contributed by atoms with Crippen LogP contribution in [0.1, 0.15) is 43.2 Å². The van der Waals surface area contributed by atoms with E-state index in [0.29, 0.717) is 53.6 Å². The molecule has 0 amide bonds. The number of carbonyl (C=O) groups is 1. The van der Waals surface area contributed by atoms with Crippen LogP contribution >= 0.6 is 11.3 Å². The molecule has 0 radical (unpaired) electrons. The molecule has 3 aromatic rings. The zero-order chi connectivity index (χ0) is 22.9. The van der Waals surface area contributed by atoms with Gasteiger partial charge in [0.15, 0.2) is 0 Å². The number of rotatable bonds is 6. The third-order valence-corrected chi connectivity index (χ3v) is 7.36. The summed E-state index contributed by atoms with van der Waals surface area (Å²) in [6, 6.07) is 7.12. The van der Waals surface area contributed by atoms with Gasteiger partial charge in [0.1, 0.15) is 28.1 Å². The van der Waals surface area contributed by atoms with E-state index in [2.05, 4.69) is 20.3 Å². The van der Waals surface area contributed by atoms with E-state index >= 15 is 0 Å². The number of aryl methyl sites for hydroxylation is 1. The number of pyridine rings is 2. The lowest BCUT2D eigenvalue weighted by atomic mass is 9.74. The average molecular weight is 457 g/mol. The summed E-state index contributed by atoms with van der Waals surface area (Å²) in [5, 5.41) is 24.1. The fourth-order valence-electron chi connectivity index (χ4n) is 4.08. The van der Waals surface area contributed by atoms with E-state index in [0.717, 1.165) is 4.88 Å². The maximum absolute atomic E-state index is 13.5. The van der Waals surface area contributed by atoms with Gasteiger partial charge in [-0.3, -0.25) is 4.79 Å². The summed E-state index contributed by atoms with van der Waals surface area (Å²) in [6.45, 7) is 3.43. The predicted octanol–water partition coefficient (Wildman–Crippen LogP) is 4.89. The Morgan fingerprint density at radius 2 is 1.94 bits per heavy atom. The van der Waals surface area contributed by atoms with Crippen LogP contribution in [-0.2, 0) is 10.4 Å². The minimum absolute atomic E-state index is 0.0362. The smallest absolute Gasteiger partial charge is 0.306 e. The number of nitrogens with zero attached hydrogens (tertiary/aromatic N) is 3. The Morgan fingerprint density at radius 1 is 1.19 bits per heavy atom. The van der Waals surface area contributed by atoms with Gasteiger partial charge in [-0.1, -0.05) is 6.07 Å². The third kappa shape index (κ3) is 4.63. The van der Waals surface area contributed by atoms with Crippen molar-refractivity contribution in [1.29, 1.82) is 0 Å². The minimum Gasteiger partial charge on any atom is -0.481 e. The van der Waals surface area contributed by atoms with Gasteiger partial charge in [-0.15, -0.1) is 11.3 Å². The summed E-state index contributed by atoms with van der Waals surface area (Å²) in [4.78, 5) is 25.1. The molecule has 1 aliphatic rings. The number of aliphatic hydroxyl groups is 1. The number of carboxylic acids is 1. The highest BCUT2D eigenvalue weighted by molar-refractivity contribution is 7.15. The molecule has 0 unspecified atom stereocenters. The monoisotopic (exact) mass is 456 g/mol. The van der Waals surface area contributed by atoms with Gasteiger partial charge in [0.2, 0.25) is 0 Å². The first kappa shape index (κ1) is 22.3. The van der Waals surface area contributed by atoms with Crippen molar-refractivity contribution in [2.24, 2.45) is 11.8 Å². The number of thiazole rings is 1. The van der Waals surface area contributed by atoms with Gasteiger partial charge >= 0.3 is 5.97 Å². The number of aromatic nitrogens is 3. The van der Waals surface area contributed by atoms with E-state index in [4.69, 9.17) is 0 Å². The quantitative estimate of drug-likeness (QED) is 0.485. The highest BCUT2D eigenvalue weighted by atomic mass is 32.1. The van der Waals surface area contributed by atoms with E-state index in [9.17, 15) is 19.4 Å². The van der Waals surface area contributed by atoms with Crippen molar-refractivity contribution in [3.05, 3.63) is 53.0 Å². The predicted molar refractivity (Wildman–Crippen MR) is 120 cm³/mol. The number of hydrogen-bond acceptors (Lipinski definition) is 7. The molecule has 168 valence electrons. The summed E-state index contributed by atoms with van der Waals surface area (Å²) in [7, 11) is 0. The van der Waals surface area contributed by atoms with Gasteiger partial charge in [-0.25, -0.2) is 19.3 Å². The average Bonchev–Trinajstić information content (AvgIpc) is 3.28. The molecule has 1 fully saturated rings. The summed E-state index contributed by atoms with van der Waals surface area (Å²) in [5.74, 6) is -0.421. The lowest BCUT2D eigenvalue weighted by molar-refractivity contribution is -0.144. The molecule has 0 spiro atoms. The van der Waals surface area contributed by atoms with Crippen molar-refractivity contribution in [3.8, 4) is 10.6 Å². The van der Waals surface area contributed by atoms with Crippen molar-refractivity contribution in [2.75, 3.05) is 5.32 Å². The van der Waals surface area contributed by atoms with Crippen LogP contribution < -0.4 is 5.32 Å². The van der Waals surface area contributed by atoms with Crippen molar-refractivity contribution >= 4 is 28.9 Å². The second-order valence-corrected chi connectivity index (χ2v) is 9.45. The van der Waals surface area contributed by atoms with Crippen LogP contribution in [0.15, 0.2) is 36.7 Å². The maximum Gasteiger partial charge on any atom is 0.306 e. The molecular weight excluding hydrogens is 431 g/mol. The van der Waals surface area contributed by atoms with E-state index in [1.54, 1.807) is 32.2 Å². The zero-order valence-electron chi connectivity index (χ0n) is 17.9. The Balaban J connectivity index is 1.50. The van der Waals surface area contributed by atoms with Gasteiger partial charge in [0, 0.05) is 6.20 Å². The molecular formula is C23H25FN4O3S. The molecule has 3 aromatic heterocycles. The minimum atomic E-state index is -1.13. The Kier molecular flexibility index (Phi) is 6.21. The Bertz CT molecular complexity index is 1130. The molecule has 1 atom stereocenters. The Hall–Kier alpha value is -2.91. The Labute approximate surface area is 189 Å². The molecule has 4 rings (SSSR count). The SMILES string of the molecule is Cc1cc(Nc2cccc(-c3cnc([C@](C)(O)[C@H]4CC[C@H](C(=O)O)CC4)s3)n2)ncc1F. The highest BCUT2D eigenvalue weighted by Crippen LogP contribution is 2.43. The van der Waals surface area contributed by atoms with Crippen LogP contribution in [-0.4, -0.2) is 31.1 Å². The van der Waals surface area contributed by atoms with Crippen molar-refractivity contribution < 1.29 is 19.4 Å². The molecule has 9 heteroatoms. The summed E-state index contributed by atoms with van der Waals surface area (Å²) < 4.78 is 13.5. The van der Waals surface area contributed by atoms with Gasteiger partial charge in [-0.05, 0) is 69.2 Å². The molecule has 3 heterocycles. The number of carboxylic acid groups (broad SMARTS) is 1. The van der Waals surface area contributed by atoms with Crippen LogP contribution in [0.3, 0.4) is 0 Å². The van der Waals surface area contributed by atoms with Gasteiger partial charge < -0.3 is 15.5 Å². The van der Waals surface area contributed by atoms with Crippen LogP contribution in [0.4, 0.5) is 16.0 Å². The first-order chi connectivity index (χ1) is 15.2. The molecule has 0 aromatic carbocycles. The van der Waals surface area contributed by atoms with Crippen molar-refractivity contribution in [2.45, 2.75) is 45.1 Å². The summed E-state index contributed by atoms with van der Waals surface area (Å²) in [5.41, 5.74) is 0.0611. The molecule has 3 N–H and O–H groups in total. The fraction of sp³-hybridized carbons (Fsp3) is 0.391. The van der Waals surface area contributed by atoms with Gasteiger partial charge in [0.25, 0.3) is 0 Å². The number of aliphatic carboxylic acids is 1. The standard InChI is InChI=1S/C23H25FN4O3S/c1-13-10-20(25-11-16(13)24)28-19-5-3-4-17(27-19)18-12-26-22(32-18)23(2,31)15-8-6-14(7-9-15)21(29)30/h3-5,10-12,14-15,31H,6-9H2,1-2H3,(H,29,30)(H,25,27,28)/t14-,15-,23-/m1/s1. The third-order valence-electron chi connectivity index (χ3n) is 6.11. The highest BCUT2D eigenvalue weighted by Gasteiger charge is 2.40. The van der Waals surface area contributed by atoms with E-state index in [-0.39, 0.29) is 17.7 Å². The number of halogens is 1. The fourth-order valence-corrected chi connectivity index (χ4v) is 5.09. The molecule has 0 saturated heterocycles. The first-order valence-electron chi connectivity index (χ1n) is 10.5. The lowest BCUT2D eigenvalue weighted by Gasteiger charge is -2.35. The molecule has 0 aliphatic heterocycles. The van der Waals surface area contributed by atoms with E-state index in [1.807, 2.05) is 12.1 Å². The number of nitrogens with one attached hydrogen (secondary N) is 1. The lowest BCUT2D eigenvalue weighted by Crippen LogP contribution is -2.35. The van der Waals surface area contributed by atoms with Crippen LogP contribution in [0, 0.1) is 24.6 Å². The zero-order valence-corrected chi connectivity index (χ0v) is 18.7. The molecule has 1 aliphatic carbocycles. The number of hydrogen-bond donors (Lipinski definition) is 3. The Morgan fingerprint density at radius 3 is 2.62 bits per heavy atom. The second-order valence-electron chi connectivity index (χ2n) is 8.42. The number of anilines is 2. The normalized spacial score (nSPS) is 20.5. The van der Waals surface area contributed by atoms with Crippen LogP contribution in [0.25, 0.3) is 10.6 Å². The maximum atomic E-state index is 13.5. The van der Waals surface area contributed by atoms with Crippen molar-refractivity contribution in [1.82, 2.24) is 15.0 Å². The van der Waals surface area contributed by atoms with Crippen LogP contribution in [0.5, 0.6) is 0 Å². The largest absolute Gasteiger partial charge is 0.481 e. The molecule has 32 heavy (non-hydrogen) atoms. The molecule has 0 bridgehead atoms. The van der Waals surface area contributed by atoms with Crippen LogP contribution in [0.2, 0.25) is 0 Å². The second kappa shape index (κ2) is 8.91. The van der Waals surface area contributed by atoms with Gasteiger partial charge in [0.05, 0.1) is 22.7 Å². The van der Waals surface area contributed by atoms with E-state index < -0.39 is 11.6 Å². The van der Waals surface area contributed by atoms with Gasteiger partial charge in [-0.2, -0.15) is 0 Å². The van der Waals surface area contributed by atoms with Crippen molar-refractivity contribution in [3.63, 3.8) is 0 Å². The first-order valence-corrected chi connectivity index (χ1v) is 11.3. The molecule has 1 saturated carbocycles. The summed E-state index contributed by atoms with van der Waals surface area (Å²) in [6.07, 6.45) is 5.31.